The van der Waals surface area contributed by atoms with Crippen LogP contribution in [0.3, 0.4) is 0 Å². The van der Waals surface area contributed by atoms with Crippen molar-refractivity contribution in [1.82, 2.24) is 10.3 Å². The highest BCUT2D eigenvalue weighted by Gasteiger charge is 2.24. The summed E-state index contributed by atoms with van der Waals surface area (Å²) in [5.74, 6) is -1.62. The number of thiazole rings is 1. The second-order valence-electron chi connectivity index (χ2n) is 8.66. The number of carbonyl (C=O) groups excluding carboxylic acids is 1. The third-order valence-corrected chi connectivity index (χ3v) is 5.59. The number of carbonyl (C=O) groups is 2. The average molecular weight is 430 g/mol. The molecule has 0 saturated carbocycles. The van der Waals surface area contributed by atoms with E-state index < -0.39 is 12.0 Å². The Bertz CT molecular complexity index is 882. The van der Waals surface area contributed by atoms with E-state index in [2.05, 4.69) is 42.9 Å². The van der Waals surface area contributed by atoms with Gasteiger partial charge in [0.15, 0.2) is 5.13 Å². The number of amides is 1. The standard InChI is InChI=1S/C23H31N3O3S/c1-7-12-26(22-24-18(14-30-22)23(4,5)6)13-16-8-10-17(11-9-16)20(27)25-19(15(2)3)21(28)29/h7-11,14-15,19H,1,12-13H2,2-6H3,(H,25,27)(H,28,29). The molecule has 0 spiro atoms. The van der Waals surface area contributed by atoms with Gasteiger partial charge in [0.25, 0.3) is 5.91 Å². The van der Waals surface area contributed by atoms with Crippen molar-refractivity contribution in [1.29, 1.82) is 0 Å². The van der Waals surface area contributed by atoms with Crippen molar-refractivity contribution in [2.75, 3.05) is 11.4 Å². The minimum Gasteiger partial charge on any atom is -0.480 e. The molecule has 0 fully saturated rings. The van der Waals surface area contributed by atoms with Gasteiger partial charge in [-0.3, -0.25) is 4.79 Å². The van der Waals surface area contributed by atoms with Crippen LogP contribution in [0.1, 0.15) is 56.2 Å². The summed E-state index contributed by atoms with van der Waals surface area (Å²) in [5.41, 5.74) is 2.51. The molecule has 0 aliphatic rings. The quantitative estimate of drug-likeness (QED) is 0.575. The highest BCUT2D eigenvalue weighted by atomic mass is 32.1. The van der Waals surface area contributed by atoms with Crippen molar-refractivity contribution >= 4 is 28.3 Å². The number of aromatic nitrogens is 1. The molecule has 2 N–H and O–H groups in total. The molecule has 0 radical (unpaired) electrons. The van der Waals surface area contributed by atoms with E-state index in [1.54, 1.807) is 37.3 Å². The lowest BCUT2D eigenvalue weighted by Crippen LogP contribution is -2.44. The molecule has 162 valence electrons. The molecule has 0 aliphatic carbocycles. The van der Waals surface area contributed by atoms with Crippen LogP contribution in [-0.4, -0.2) is 34.6 Å². The molecular weight excluding hydrogens is 398 g/mol. The smallest absolute Gasteiger partial charge is 0.326 e. The van der Waals surface area contributed by atoms with Gasteiger partial charge in [-0.05, 0) is 23.6 Å². The zero-order chi connectivity index (χ0) is 22.5. The van der Waals surface area contributed by atoms with Gasteiger partial charge in [0.1, 0.15) is 6.04 Å². The van der Waals surface area contributed by atoms with Gasteiger partial charge >= 0.3 is 5.97 Å². The highest BCUT2D eigenvalue weighted by molar-refractivity contribution is 7.13. The first-order valence-electron chi connectivity index (χ1n) is 9.97. The van der Waals surface area contributed by atoms with Crippen molar-refractivity contribution in [3.8, 4) is 0 Å². The predicted octanol–water partition coefficient (Wildman–Crippen LogP) is 4.47. The Morgan fingerprint density at radius 3 is 2.37 bits per heavy atom. The lowest BCUT2D eigenvalue weighted by molar-refractivity contribution is -0.140. The number of anilines is 1. The van der Waals surface area contributed by atoms with Gasteiger partial charge in [-0.15, -0.1) is 17.9 Å². The summed E-state index contributed by atoms with van der Waals surface area (Å²) in [6.45, 7) is 15.1. The summed E-state index contributed by atoms with van der Waals surface area (Å²) in [6.07, 6.45) is 1.85. The van der Waals surface area contributed by atoms with E-state index in [0.717, 1.165) is 16.4 Å². The molecule has 0 aliphatic heterocycles. The number of benzene rings is 1. The van der Waals surface area contributed by atoms with E-state index in [1.165, 1.54) is 0 Å². The van der Waals surface area contributed by atoms with Gasteiger partial charge in [0, 0.05) is 29.4 Å². The van der Waals surface area contributed by atoms with Crippen LogP contribution >= 0.6 is 11.3 Å². The number of aliphatic carboxylic acids is 1. The first-order chi connectivity index (χ1) is 14.0. The van der Waals surface area contributed by atoms with Crippen LogP contribution in [0.2, 0.25) is 0 Å². The Labute approximate surface area is 182 Å². The number of carboxylic acid groups (broad SMARTS) is 1. The van der Waals surface area contributed by atoms with Crippen LogP contribution in [0.25, 0.3) is 0 Å². The maximum atomic E-state index is 12.4. The number of nitrogens with zero attached hydrogens (tertiary/aromatic N) is 2. The molecular formula is C23H31N3O3S. The monoisotopic (exact) mass is 429 g/mol. The summed E-state index contributed by atoms with van der Waals surface area (Å²) < 4.78 is 0. The Kier molecular flexibility index (Phi) is 7.78. The van der Waals surface area contributed by atoms with Crippen molar-refractivity contribution < 1.29 is 14.7 Å². The topological polar surface area (TPSA) is 82.5 Å². The fraction of sp³-hybridized carbons (Fsp3) is 0.435. The lowest BCUT2D eigenvalue weighted by atomic mass is 9.93. The molecule has 1 aromatic carbocycles. The minimum absolute atomic E-state index is 0.00654. The average Bonchev–Trinajstić information content (AvgIpc) is 3.16. The molecule has 2 rings (SSSR count). The van der Waals surface area contributed by atoms with Crippen molar-refractivity contribution in [3.63, 3.8) is 0 Å². The van der Waals surface area contributed by atoms with Gasteiger partial charge in [-0.1, -0.05) is 52.8 Å². The van der Waals surface area contributed by atoms with E-state index in [9.17, 15) is 14.7 Å². The van der Waals surface area contributed by atoms with Crippen LogP contribution in [0.4, 0.5) is 5.13 Å². The zero-order valence-electron chi connectivity index (χ0n) is 18.3. The van der Waals surface area contributed by atoms with Gasteiger partial charge in [-0.25, -0.2) is 9.78 Å². The van der Waals surface area contributed by atoms with Gasteiger partial charge < -0.3 is 15.3 Å². The Balaban J connectivity index is 2.12. The van der Waals surface area contributed by atoms with E-state index in [-0.39, 0.29) is 17.2 Å². The second kappa shape index (κ2) is 9.89. The van der Waals surface area contributed by atoms with E-state index >= 15 is 0 Å². The summed E-state index contributed by atoms with van der Waals surface area (Å²) in [6, 6.07) is 6.29. The molecule has 0 saturated heterocycles. The fourth-order valence-corrected chi connectivity index (χ4v) is 3.90. The van der Waals surface area contributed by atoms with Crippen LogP contribution in [-0.2, 0) is 16.8 Å². The van der Waals surface area contributed by atoms with E-state index in [0.29, 0.717) is 18.7 Å². The minimum atomic E-state index is -1.03. The number of rotatable bonds is 9. The van der Waals surface area contributed by atoms with Gasteiger partial charge in [0.2, 0.25) is 0 Å². The largest absolute Gasteiger partial charge is 0.480 e. The zero-order valence-corrected chi connectivity index (χ0v) is 19.1. The molecule has 6 nitrogen and oxygen atoms in total. The molecule has 1 atom stereocenters. The Morgan fingerprint density at radius 1 is 1.27 bits per heavy atom. The normalized spacial score (nSPS) is 12.5. The molecule has 1 amide bonds. The molecule has 1 heterocycles. The molecule has 30 heavy (non-hydrogen) atoms. The molecule has 2 aromatic rings. The van der Waals surface area contributed by atoms with Crippen molar-refractivity contribution in [2.24, 2.45) is 5.92 Å². The number of carboxylic acids is 1. The molecule has 1 unspecified atom stereocenters. The van der Waals surface area contributed by atoms with Crippen LogP contribution in [0, 0.1) is 5.92 Å². The Morgan fingerprint density at radius 2 is 1.90 bits per heavy atom. The predicted molar refractivity (Wildman–Crippen MR) is 122 cm³/mol. The Hall–Kier alpha value is -2.67. The molecule has 0 bridgehead atoms. The van der Waals surface area contributed by atoms with Crippen LogP contribution < -0.4 is 10.2 Å². The summed E-state index contributed by atoms with van der Waals surface area (Å²) in [5, 5.41) is 14.9. The number of hydrogen-bond donors (Lipinski definition) is 2. The second-order valence-corrected chi connectivity index (χ2v) is 9.50. The van der Waals surface area contributed by atoms with Crippen LogP contribution in [0.5, 0.6) is 0 Å². The van der Waals surface area contributed by atoms with Crippen molar-refractivity contribution in [2.45, 2.75) is 52.6 Å². The highest BCUT2D eigenvalue weighted by Crippen LogP contribution is 2.29. The van der Waals surface area contributed by atoms with Gasteiger partial charge in [-0.2, -0.15) is 0 Å². The number of nitrogens with one attached hydrogen (secondary N) is 1. The SMILES string of the molecule is C=CCN(Cc1ccc(C(=O)NC(C(=O)O)C(C)C)cc1)c1nc(C(C)(C)C)cs1. The first kappa shape index (κ1) is 23.6. The van der Waals surface area contributed by atoms with Gasteiger partial charge in [0.05, 0.1) is 5.69 Å². The lowest BCUT2D eigenvalue weighted by Gasteiger charge is -2.21. The first-order valence-corrected chi connectivity index (χ1v) is 10.9. The molecule has 1 aromatic heterocycles. The fourth-order valence-electron chi connectivity index (χ4n) is 2.84. The molecule has 7 heteroatoms. The summed E-state index contributed by atoms with van der Waals surface area (Å²) in [7, 11) is 0. The van der Waals surface area contributed by atoms with Crippen LogP contribution in [0.15, 0.2) is 42.3 Å². The van der Waals surface area contributed by atoms with E-state index in [1.807, 2.05) is 18.2 Å². The summed E-state index contributed by atoms with van der Waals surface area (Å²) in [4.78, 5) is 30.6. The maximum Gasteiger partial charge on any atom is 0.326 e. The van der Waals surface area contributed by atoms with Crippen molar-refractivity contribution in [3.05, 3.63) is 59.1 Å². The third-order valence-electron chi connectivity index (χ3n) is 4.69. The van der Waals surface area contributed by atoms with E-state index in [4.69, 9.17) is 4.98 Å². The maximum absolute atomic E-state index is 12.4. The third kappa shape index (κ3) is 6.16. The number of hydrogen-bond acceptors (Lipinski definition) is 5. The summed E-state index contributed by atoms with van der Waals surface area (Å²) >= 11 is 1.61.